The molecular weight excluding hydrogens is 361 g/mol. The molecule has 2 aromatic rings. The van der Waals surface area contributed by atoms with Crippen LogP contribution in [0.1, 0.15) is 30.5 Å². The fourth-order valence-corrected chi connectivity index (χ4v) is 2.91. The lowest BCUT2D eigenvalue weighted by Gasteiger charge is -2.20. The average Bonchev–Trinajstić information content (AvgIpc) is 3.14. The first-order valence-electron chi connectivity index (χ1n) is 8.61. The van der Waals surface area contributed by atoms with Crippen LogP contribution in [-0.4, -0.2) is 23.6 Å². The van der Waals surface area contributed by atoms with Crippen molar-refractivity contribution in [1.82, 2.24) is 5.32 Å². The SMILES string of the molecule is CC(NC(=O)C1=NN(c2ccc(F)cc2)C(C(N)=O)C1)c1ccc(C#N)cc1. The van der Waals surface area contributed by atoms with Crippen molar-refractivity contribution in [3.63, 3.8) is 0 Å². The number of hydrazone groups is 1. The second-order valence-electron chi connectivity index (χ2n) is 6.42. The Balaban J connectivity index is 1.76. The lowest BCUT2D eigenvalue weighted by molar-refractivity contribution is -0.119. The number of hydrogen-bond donors (Lipinski definition) is 2. The molecule has 0 saturated heterocycles. The van der Waals surface area contributed by atoms with E-state index in [1.165, 1.54) is 29.3 Å². The highest BCUT2D eigenvalue weighted by Crippen LogP contribution is 2.25. The molecule has 2 unspecified atom stereocenters. The molecule has 0 spiro atoms. The van der Waals surface area contributed by atoms with Gasteiger partial charge in [-0.3, -0.25) is 14.6 Å². The molecule has 7 nitrogen and oxygen atoms in total. The van der Waals surface area contributed by atoms with Gasteiger partial charge in [0.1, 0.15) is 17.6 Å². The van der Waals surface area contributed by atoms with E-state index in [2.05, 4.69) is 10.4 Å². The van der Waals surface area contributed by atoms with E-state index in [9.17, 15) is 14.0 Å². The highest BCUT2D eigenvalue weighted by molar-refractivity contribution is 6.40. The smallest absolute Gasteiger partial charge is 0.268 e. The minimum Gasteiger partial charge on any atom is -0.368 e. The first kappa shape index (κ1) is 19.0. The number of carbonyl (C=O) groups excluding carboxylic acids is 2. The second-order valence-corrected chi connectivity index (χ2v) is 6.42. The third kappa shape index (κ3) is 3.99. The first-order valence-corrected chi connectivity index (χ1v) is 8.61. The van der Waals surface area contributed by atoms with Gasteiger partial charge in [0.2, 0.25) is 5.91 Å². The van der Waals surface area contributed by atoms with Gasteiger partial charge in [-0.15, -0.1) is 0 Å². The van der Waals surface area contributed by atoms with E-state index in [1.54, 1.807) is 31.2 Å². The van der Waals surface area contributed by atoms with Crippen LogP contribution in [0.5, 0.6) is 0 Å². The zero-order valence-electron chi connectivity index (χ0n) is 15.1. The summed E-state index contributed by atoms with van der Waals surface area (Å²) in [4.78, 5) is 24.4. The summed E-state index contributed by atoms with van der Waals surface area (Å²) in [5.41, 5.74) is 7.43. The van der Waals surface area contributed by atoms with Gasteiger partial charge in [-0.25, -0.2) is 4.39 Å². The summed E-state index contributed by atoms with van der Waals surface area (Å²) in [6.07, 6.45) is 0.0542. The number of primary amides is 1. The number of anilines is 1. The minimum atomic E-state index is -0.823. The predicted octanol–water partition coefficient (Wildman–Crippen LogP) is 1.99. The Bertz CT molecular complexity index is 964. The molecule has 2 aromatic carbocycles. The minimum absolute atomic E-state index is 0.0542. The van der Waals surface area contributed by atoms with Crippen LogP contribution in [0.3, 0.4) is 0 Å². The molecule has 28 heavy (non-hydrogen) atoms. The van der Waals surface area contributed by atoms with Gasteiger partial charge in [-0.05, 0) is 48.9 Å². The van der Waals surface area contributed by atoms with Gasteiger partial charge in [-0.2, -0.15) is 10.4 Å². The fourth-order valence-electron chi connectivity index (χ4n) is 2.91. The van der Waals surface area contributed by atoms with Gasteiger partial charge < -0.3 is 11.1 Å². The molecule has 0 radical (unpaired) electrons. The van der Waals surface area contributed by atoms with Crippen LogP contribution in [0.2, 0.25) is 0 Å². The number of nitrogens with zero attached hydrogens (tertiary/aromatic N) is 3. The molecule has 1 aliphatic heterocycles. The van der Waals surface area contributed by atoms with Gasteiger partial charge in [0, 0.05) is 6.42 Å². The Labute approximate surface area is 161 Å². The van der Waals surface area contributed by atoms with E-state index >= 15 is 0 Å². The van der Waals surface area contributed by atoms with Crippen molar-refractivity contribution in [3.05, 3.63) is 65.5 Å². The number of halogens is 1. The maximum Gasteiger partial charge on any atom is 0.268 e. The van der Waals surface area contributed by atoms with Crippen molar-refractivity contribution < 1.29 is 14.0 Å². The summed E-state index contributed by atoms with van der Waals surface area (Å²) in [6, 6.07) is 13.2. The molecule has 0 bridgehead atoms. The number of carbonyl (C=O) groups is 2. The number of nitrogens with two attached hydrogens (primary N) is 1. The molecule has 3 rings (SSSR count). The number of nitriles is 1. The molecule has 1 aliphatic rings. The summed E-state index contributed by atoms with van der Waals surface area (Å²) in [5, 5.41) is 17.3. The van der Waals surface area contributed by atoms with Crippen molar-refractivity contribution in [2.75, 3.05) is 5.01 Å². The molecule has 0 aliphatic carbocycles. The Morgan fingerprint density at radius 1 is 1.25 bits per heavy atom. The standard InChI is InChI=1S/C20H18FN5O2/c1-12(14-4-2-13(11-22)3-5-14)24-20(28)17-10-18(19(23)27)26(25-17)16-8-6-15(21)7-9-16/h2-9,12,18H,10H2,1H3,(H2,23,27)(H,24,28). The van der Waals surface area contributed by atoms with Crippen molar-refractivity contribution in [2.45, 2.75) is 25.4 Å². The van der Waals surface area contributed by atoms with Gasteiger partial charge in [0.15, 0.2) is 0 Å². The monoisotopic (exact) mass is 379 g/mol. The third-order valence-electron chi connectivity index (χ3n) is 4.48. The van der Waals surface area contributed by atoms with Crippen LogP contribution in [-0.2, 0) is 9.59 Å². The van der Waals surface area contributed by atoms with Gasteiger partial charge in [0.05, 0.1) is 23.4 Å². The van der Waals surface area contributed by atoms with E-state index < -0.39 is 23.7 Å². The lowest BCUT2D eigenvalue weighted by atomic mass is 10.1. The molecule has 3 N–H and O–H groups in total. The van der Waals surface area contributed by atoms with E-state index in [4.69, 9.17) is 11.0 Å². The van der Waals surface area contributed by atoms with Gasteiger partial charge in [-0.1, -0.05) is 12.1 Å². The molecule has 2 atom stereocenters. The Kier molecular flexibility index (Phi) is 5.36. The van der Waals surface area contributed by atoms with Crippen LogP contribution in [0.25, 0.3) is 0 Å². The largest absolute Gasteiger partial charge is 0.368 e. The van der Waals surface area contributed by atoms with E-state index in [1.807, 2.05) is 6.07 Å². The number of benzene rings is 2. The highest BCUT2D eigenvalue weighted by Gasteiger charge is 2.35. The molecule has 0 saturated carbocycles. The fraction of sp³-hybridized carbons (Fsp3) is 0.200. The van der Waals surface area contributed by atoms with Crippen molar-refractivity contribution in [2.24, 2.45) is 10.8 Å². The van der Waals surface area contributed by atoms with Crippen LogP contribution >= 0.6 is 0 Å². The summed E-state index contributed by atoms with van der Waals surface area (Å²) >= 11 is 0. The summed E-state index contributed by atoms with van der Waals surface area (Å²) in [6.45, 7) is 1.80. The second kappa shape index (κ2) is 7.88. The number of rotatable bonds is 5. The number of hydrogen-bond acceptors (Lipinski definition) is 5. The van der Waals surface area contributed by atoms with Gasteiger partial charge in [0.25, 0.3) is 5.91 Å². The normalized spacial score (nSPS) is 16.8. The lowest BCUT2D eigenvalue weighted by Crippen LogP contribution is -2.40. The van der Waals surface area contributed by atoms with Crippen LogP contribution < -0.4 is 16.1 Å². The zero-order chi connectivity index (χ0) is 20.3. The maximum atomic E-state index is 13.2. The van der Waals surface area contributed by atoms with Crippen molar-refractivity contribution in [1.29, 1.82) is 5.26 Å². The first-order chi connectivity index (χ1) is 13.4. The molecule has 2 amide bonds. The molecule has 1 heterocycles. The molecule has 0 aromatic heterocycles. The van der Waals surface area contributed by atoms with E-state index in [-0.39, 0.29) is 18.2 Å². The Hall–Kier alpha value is -3.73. The summed E-state index contributed by atoms with van der Waals surface area (Å²) in [7, 11) is 0. The quantitative estimate of drug-likeness (QED) is 0.827. The number of amides is 2. The van der Waals surface area contributed by atoms with Crippen LogP contribution in [0, 0.1) is 17.1 Å². The Morgan fingerprint density at radius 2 is 1.89 bits per heavy atom. The summed E-state index contributed by atoms with van der Waals surface area (Å²) in [5.74, 6) is -1.47. The maximum absolute atomic E-state index is 13.2. The highest BCUT2D eigenvalue weighted by atomic mass is 19.1. The number of nitrogens with one attached hydrogen (secondary N) is 1. The van der Waals surface area contributed by atoms with Crippen molar-refractivity contribution >= 4 is 23.2 Å². The molecule has 0 fully saturated rings. The third-order valence-corrected chi connectivity index (χ3v) is 4.48. The molecular formula is C20H18FN5O2. The Morgan fingerprint density at radius 3 is 2.46 bits per heavy atom. The van der Waals surface area contributed by atoms with Crippen molar-refractivity contribution in [3.8, 4) is 6.07 Å². The zero-order valence-corrected chi connectivity index (χ0v) is 15.1. The average molecular weight is 379 g/mol. The molecule has 8 heteroatoms. The molecule has 142 valence electrons. The van der Waals surface area contributed by atoms with E-state index in [0.29, 0.717) is 11.3 Å². The van der Waals surface area contributed by atoms with Gasteiger partial charge >= 0.3 is 0 Å². The van der Waals surface area contributed by atoms with E-state index in [0.717, 1.165) is 5.56 Å². The van der Waals surface area contributed by atoms with Crippen LogP contribution in [0.4, 0.5) is 10.1 Å². The topological polar surface area (TPSA) is 112 Å². The predicted molar refractivity (Wildman–Crippen MR) is 102 cm³/mol. The summed E-state index contributed by atoms with van der Waals surface area (Å²) < 4.78 is 13.2. The van der Waals surface area contributed by atoms with Crippen LogP contribution in [0.15, 0.2) is 53.6 Å².